The second-order valence-electron chi connectivity index (χ2n) is 7.63. The van der Waals surface area contributed by atoms with Gasteiger partial charge in [-0.3, -0.25) is 4.79 Å². The molecular weight excluding hydrogens is 468 g/mol. The Kier molecular flexibility index (Phi) is 8.04. The van der Waals surface area contributed by atoms with Crippen LogP contribution in [0.4, 0.5) is 0 Å². The molecule has 2 aromatic rings. The van der Waals surface area contributed by atoms with Crippen LogP contribution in [0.3, 0.4) is 0 Å². The van der Waals surface area contributed by atoms with Crippen LogP contribution in [-0.4, -0.2) is 93.1 Å². The lowest BCUT2D eigenvalue weighted by Gasteiger charge is -2.39. The van der Waals surface area contributed by atoms with Crippen molar-refractivity contribution >= 4 is 11.9 Å². The summed E-state index contributed by atoms with van der Waals surface area (Å²) in [5, 5.41) is 69.7. The fourth-order valence-electron chi connectivity index (χ4n) is 3.41. The number of allylic oxidation sites excluding steroid dienone is 1. The molecule has 0 amide bonds. The van der Waals surface area contributed by atoms with Crippen molar-refractivity contribution in [3.05, 3.63) is 47.2 Å². The summed E-state index contributed by atoms with van der Waals surface area (Å²) in [6.45, 7) is -0.719. The Morgan fingerprint density at radius 3 is 2.14 bits per heavy atom. The Hall–Kier alpha value is -3.55. The van der Waals surface area contributed by atoms with Crippen molar-refractivity contribution in [2.24, 2.45) is 0 Å². The van der Waals surface area contributed by atoms with Gasteiger partial charge in [-0.05, 0) is 30.3 Å². The molecule has 0 aliphatic carbocycles. The summed E-state index contributed by atoms with van der Waals surface area (Å²) in [6.07, 6.45) is -7.15. The topological polar surface area (TPSA) is 196 Å². The summed E-state index contributed by atoms with van der Waals surface area (Å²) in [5.41, 5.74) is -0.0564. The van der Waals surface area contributed by atoms with Crippen LogP contribution in [0.1, 0.15) is 15.9 Å². The van der Waals surface area contributed by atoms with Gasteiger partial charge in [-0.1, -0.05) is 0 Å². The van der Waals surface area contributed by atoms with Gasteiger partial charge in [-0.2, -0.15) is 0 Å². The van der Waals surface area contributed by atoms with Crippen LogP contribution < -0.4 is 9.47 Å². The Morgan fingerprint density at radius 1 is 0.971 bits per heavy atom. The third kappa shape index (κ3) is 5.42. The number of carbonyl (C=O) groups excluding carboxylic acids is 1. The number of aliphatic hydroxyl groups excluding tert-OH is 4. The molecule has 0 unspecified atom stereocenters. The zero-order valence-electron chi connectivity index (χ0n) is 18.7. The Balaban J connectivity index is 2.07. The summed E-state index contributed by atoms with van der Waals surface area (Å²) < 4.78 is 21.0. The van der Waals surface area contributed by atoms with Crippen molar-refractivity contribution in [2.45, 2.75) is 30.7 Å². The van der Waals surface area contributed by atoms with Gasteiger partial charge in [0.05, 0.1) is 20.8 Å². The highest BCUT2D eigenvalue weighted by molar-refractivity contribution is 6.10. The van der Waals surface area contributed by atoms with Crippen molar-refractivity contribution in [1.29, 1.82) is 0 Å². The lowest BCUT2D eigenvalue weighted by atomic mass is 9.99. The highest BCUT2D eigenvalue weighted by Gasteiger charge is 2.45. The van der Waals surface area contributed by atoms with E-state index in [1.807, 2.05) is 0 Å². The van der Waals surface area contributed by atoms with Crippen molar-refractivity contribution in [3.8, 4) is 28.7 Å². The number of rotatable bonds is 8. The molecular formula is C23H26O12. The molecule has 190 valence electrons. The molecule has 1 aliphatic rings. The number of carbonyl (C=O) groups is 1. The molecule has 0 saturated carbocycles. The first-order valence-corrected chi connectivity index (χ1v) is 10.3. The SMILES string of the molecule is COc1cc(C(=O)/C(=C/c2ccc(O)cc2O)O[C@@H]2O[C@H](CO)[C@@H](O)[C@H](O)[C@H]2O)cc(OC)c1O. The zero-order chi connectivity index (χ0) is 25.9. The second kappa shape index (κ2) is 10.8. The summed E-state index contributed by atoms with van der Waals surface area (Å²) >= 11 is 0. The standard InChI is InChI=1S/C23H26O12/c1-32-14-6-11(7-15(33-2)19(14)28)18(27)16(5-10-3-4-12(25)8-13(10)26)34-23-22(31)21(30)20(29)17(9-24)35-23/h3-8,17,20-26,28-31H,9H2,1-2H3/b16-5-/t17-,20-,21+,22-,23-/m1/s1. The summed E-state index contributed by atoms with van der Waals surface area (Å²) in [5.74, 6) is -2.54. The van der Waals surface area contributed by atoms with E-state index in [0.29, 0.717) is 0 Å². The van der Waals surface area contributed by atoms with Gasteiger partial charge in [0.1, 0.15) is 35.9 Å². The van der Waals surface area contributed by atoms with Crippen molar-refractivity contribution in [1.82, 2.24) is 0 Å². The number of ketones is 1. The fourth-order valence-corrected chi connectivity index (χ4v) is 3.41. The van der Waals surface area contributed by atoms with Crippen LogP contribution in [0, 0.1) is 0 Å². The van der Waals surface area contributed by atoms with Gasteiger partial charge >= 0.3 is 0 Å². The monoisotopic (exact) mass is 494 g/mol. The van der Waals surface area contributed by atoms with Crippen LogP contribution in [0.5, 0.6) is 28.7 Å². The van der Waals surface area contributed by atoms with E-state index in [0.717, 1.165) is 12.1 Å². The molecule has 5 atom stereocenters. The number of aromatic hydroxyl groups is 3. The van der Waals surface area contributed by atoms with Crippen molar-refractivity contribution < 1.29 is 59.5 Å². The third-order valence-electron chi connectivity index (χ3n) is 5.36. The molecule has 0 aromatic heterocycles. The number of hydrogen-bond donors (Lipinski definition) is 7. The third-order valence-corrected chi connectivity index (χ3v) is 5.36. The minimum absolute atomic E-state index is 0.0356. The summed E-state index contributed by atoms with van der Waals surface area (Å²) in [4.78, 5) is 13.4. The molecule has 1 heterocycles. The van der Waals surface area contributed by atoms with Gasteiger partial charge < -0.3 is 54.7 Å². The Morgan fingerprint density at radius 2 is 1.60 bits per heavy atom. The lowest BCUT2D eigenvalue weighted by molar-refractivity contribution is -0.289. The molecule has 0 spiro atoms. The van der Waals surface area contributed by atoms with Gasteiger partial charge in [0.25, 0.3) is 0 Å². The van der Waals surface area contributed by atoms with E-state index < -0.39 is 54.6 Å². The van der Waals surface area contributed by atoms with Gasteiger partial charge in [-0.15, -0.1) is 0 Å². The highest BCUT2D eigenvalue weighted by atomic mass is 16.7. The number of ether oxygens (including phenoxy) is 4. The molecule has 12 nitrogen and oxygen atoms in total. The quantitative estimate of drug-likeness (QED) is 0.146. The average Bonchev–Trinajstić information content (AvgIpc) is 2.84. The molecule has 3 rings (SSSR count). The van der Waals surface area contributed by atoms with Crippen LogP contribution in [0.2, 0.25) is 0 Å². The number of hydrogen-bond acceptors (Lipinski definition) is 12. The van der Waals surface area contributed by atoms with Gasteiger partial charge in [-0.25, -0.2) is 0 Å². The van der Waals surface area contributed by atoms with E-state index >= 15 is 0 Å². The lowest BCUT2D eigenvalue weighted by Crippen LogP contribution is -2.59. The number of Topliss-reactive ketones (excluding diaryl/α,β-unsaturated/α-hetero) is 1. The van der Waals surface area contributed by atoms with Crippen molar-refractivity contribution in [3.63, 3.8) is 0 Å². The maximum atomic E-state index is 13.4. The zero-order valence-corrected chi connectivity index (χ0v) is 18.7. The molecule has 2 aromatic carbocycles. The molecule has 35 heavy (non-hydrogen) atoms. The molecule has 1 fully saturated rings. The minimum Gasteiger partial charge on any atom is -0.508 e. The maximum absolute atomic E-state index is 13.4. The van der Waals surface area contributed by atoms with E-state index in [4.69, 9.17) is 18.9 Å². The number of phenols is 3. The smallest absolute Gasteiger partial charge is 0.229 e. The Bertz CT molecular complexity index is 1070. The summed E-state index contributed by atoms with van der Waals surface area (Å²) in [7, 11) is 2.52. The van der Waals surface area contributed by atoms with Crippen LogP contribution in [0.15, 0.2) is 36.1 Å². The first kappa shape index (κ1) is 26.1. The van der Waals surface area contributed by atoms with Crippen LogP contribution in [-0.2, 0) is 9.47 Å². The molecule has 12 heteroatoms. The largest absolute Gasteiger partial charge is 0.508 e. The van der Waals surface area contributed by atoms with Gasteiger partial charge in [0, 0.05) is 17.2 Å². The highest BCUT2D eigenvalue weighted by Crippen LogP contribution is 2.38. The molecule has 0 bridgehead atoms. The van der Waals surface area contributed by atoms with E-state index in [1.54, 1.807) is 0 Å². The van der Waals surface area contributed by atoms with Crippen LogP contribution >= 0.6 is 0 Å². The minimum atomic E-state index is -1.82. The van der Waals surface area contributed by atoms with Crippen LogP contribution in [0.25, 0.3) is 6.08 Å². The van der Waals surface area contributed by atoms with Gasteiger partial charge in [0.2, 0.25) is 17.8 Å². The van der Waals surface area contributed by atoms with E-state index in [2.05, 4.69) is 0 Å². The van der Waals surface area contributed by atoms with Gasteiger partial charge in [0.15, 0.2) is 17.3 Å². The Labute approximate surface area is 199 Å². The number of benzene rings is 2. The fraction of sp³-hybridized carbons (Fsp3) is 0.348. The molecule has 0 radical (unpaired) electrons. The molecule has 1 saturated heterocycles. The van der Waals surface area contributed by atoms with Crippen molar-refractivity contribution in [2.75, 3.05) is 20.8 Å². The van der Waals surface area contributed by atoms with E-state index in [9.17, 15) is 40.5 Å². The first-order chi connectivity index (χ1) is 16.6. The second-order valence-corrected chi connectivity index (χ2v) is 7.63. The average molecular weight is 494 g/mol. The number of methoxy groups -OCH3 is 2. The maximum Gasteiger partial charge on any atom is 0.229 e. The van der Waals surface area contributed by atoms with E-state index in [1.165, 1.54) is 38.5 Å². The normalized spacial score (nSPS) is 24.6. The van der Waals surface area contributed by atoms with E-state index in [-0.39, 0.29) is 34.1 Å². The predicted molar refractivity (Wildman–Crippen MR) is 118 cm³/mol. The number of phenolic OH excluding ortho intramolecular Hbond substituents is 3. The number of aliphatic hydroxyl groups is 4. The predicted octanol–water partition coefficient (Wildman–Crippen LogP) is -0.139. The summed E-state index contributed by atoms with van der Waals surface area (Å²) in [6, 6.07) is 5.94. The molecule has 7 N–H and O–H groups in total. The molecule has 1 aliphatic heterocycles. The first-order valence-electron chi connectivity index (χ1n) is 10.3.